The van der Waals surface area contributed by atoms with Gasteiger partial charge in [0.25, 0.3) is 5.91 Å². The first-order chi connectivity index (χ1) is 44.5. The van der Waals surface area contributed by atoms with Crippen LogP contribution in [0.4, 0.5) is 5.95 Å². The molecule has 33 heteroatoms. The van der Waals surface area contributed by atoms with Gasteiger partial charge in [-0.25, -0.2) is 13.4 Å². The molecule has 32 nitrogen and oxygen atoms in total. The molecule has 0 saturated carbocycles. The van der Waals surface area contributed by atoms with E-state index in [-0.39, 0.29) is 83.1 Å². The van der Waals surface area contributed by atoms with Crippen LogP contribution >= 0.6 is 0 Å². The smallest absolute Gasteiger partial charge is 0.373 e. The second-order valence-electron chi connectivity index (χ2n) is 21.6. The second kappa shape index (κ2) is 43.5. The first-order valence-electron chi connectivity index (χ1n) is 30.2. The highest BCUT2D eigenvalue weighted by atomic mass is 32.2. The number of likely N-dealkylation sites (N-methyl/N-ethyl adjacent to an activating group) is 2. The molecule has 5 rings (SSSR count). The lowest BCUT2D eigenvalue weighted by Crippen LogP contribution is -2.51. The zero-order valence-electron chi connectivity index (χ0n) is 53.6. The van der Waals surface area contributed by atoms with Gasteiger partial charge in [-0.3, -0.25) is 43.4 Å². The number of fused-ring (bicyclic) bond motifs is 1. The number of aliphatic carboxylic acids is 2. The molecule has 0 spiro atoms. The highest BCUT2D eigenvalue weighted by Crippen LogP contribution is 2.26. The van der Waals surface area contributed by atoms with Crippen LogP contribution in [-0.2, 0) is 81.0 Å². The van der Waals surface area contributed by atoms with E-state index < -0.39 is 51.9 Å². The molecule has 514 valence electrons. The summed E-state index contributed by atoms with van der Waals surface area (Å²) in [4.78, 5) is 137. The van der Waals surface area contributed by atoms with Crippen molar-refractivity contribution < 1.29 is 85.5 Å². The lowest BCUT2D eigenvalue weighted by atomic mass is 10.1. The summed E-state index contributed by atoms with van der Waals surface area (Å²) in [5, 5.41) is 33.8. The van der Waals surface area contributed by atoms with Crippen LogP contribution in [0.25, 0.3) is 10.9 Å². The molecule has 93 heavy (non-hydrogen) atoms. The van der Waals surface area contributed by atoms with Crippen molar-refractivity contribution in [3.8, 4) is 5.75 Å². The Morgan fingerprint density at radius 2 is 1.27 bits per heavy atom. The SMILES string of the molecule is CCC(NC(=O)CN1CCN(C)CCN(C)CCN(CC(=O)O)CC1)C(=O)NCCCOCCOCCOCCCNC(=O)CCCOc1cc(C)c(S(=O)(=O)NC(CNC(=O)c2cn(C)c3cc(CNc4ncc[nH]4)ccc3c2=O)C(=O)O)c(C)c1.O=C=O.O=C=O. The number of amides is 4. The molecule has 3 heterocycles. The number of nitrogens with zero attached hydrogens (tertiary/aromatic N) is 6. The number of pyridine rings is 1. The molecule has 2 unspecified atom stereocenters. The third kappa shape index (κ3) is 30.3. The van der Waals surface area contributed by atoms with Crippen molar-refractivity contribution in [1.29, 1.82) is 0 Å². The number of H-pyrrole nitrogens is 1. The van der Waals surface area contributed by atoms with E-state index in [0.29, 0.717) is 128 Å². The van der Waals surface area contributed by atoms with E-state index >= 15 is 0 Å². The molecule has 0 bridgehead atoms. The Hall–Kier alpha value is -8.33. The number of aromatic amines is 1. The number of imidazole rings is 1. The van der Waals surface area contributed by atoms with Gasteiger partial charge >= 0.3 is 24.2 Å². The summed E-state index contributed by atoms with van der Waals surface area (Å²) in [6, 6.07) is 5.65. The topological polar surface area (TPSA) is 418 Å². The van der Waals surface area contributed by atoms with Gasteiger partial charge in [-0.15, -0.1) is 0 Å². The van der Waals surface area contributed by atoms with Crippen LogP contribution in [0.15, 0.2) is 58.6 Å². The van der Waals surface area contributed by atoms with E-state index in [1.54, 1.807) is 42.2 Å². The van der Waals surface area contributed by atoms with Crippen LogP contribution in [0.5, 0.6) is 5.75 Å². The molecule has 2 aromatic carbocycles. The number of ether oxygens (including phenoxy) is 4. The fourth-order valence-electron chi connectivity index (χ4n) is 9.44. The van der Waals surface area contributed by atoms with Crippen LogP contribution in [0.3, 0.4) is 0 Å². The van der Waals surface area contributed by atoms with Gasteiger partial charge in [-0.2, -0.15) is 23.9 Å². The molecule has 1 fully saturated rings. The van der Waals surface area contributed by atoms with E-state index in [4.69, 9.17) is 38.1 Å². The van der Waals surface area contributed by atoms with E-state index in [1.165, 1.54) is 32.2 Å². The molecule has 9 N–H and O–H groups in total. The van der Waals surface area contributed by atoms with Crippen molar-refractivity contribution >= 4 is 74.7 Å². The maximum absolute atomic E-state index is 13.6. The first kappa shape index (κ1) is 78.9. The van der Waals surface area contributed by atoms with Gasteiger partial charge in [-0.1, -0.05) is 13.0 Å². The minimum absolute atomic E-state index is 0.0680. The van der Waals surface area contributed by atoms with Crippen molar-refractivity contribution in [3.05, 3.63) is 81.4 Å². The van der Waals surface area contributed by atoms with Crippen LogP contribution in [-0.4, -0.2) is 258 Å². The Bertz CT molecular complexity index is 3210. The van der Waals surface area contributed by atoms with Crippen LogP contribution in [0.1, 0.15) is 66.1 Å². The summed E-state index contributed by atoms with van der Waals surface area (Å²) in [5.74, 6) is -3.09. The Balaban J connectivity index is 0.00000361. The number of aromatic nitrogens is 3. The van der Waals surface area contributed by atoms with Crippen molar-refractivity contribution in [1.82, 2.24) is 60.1 Å². The van der Waals surface area contributed by atoms with E-state index in [9.17, 15) is 52.2 Å². The quantitative estimate of drug-likeness (QED) is 0.0251. The largest absolute Gasteiger partial charge is 0.494 e. The van der Waals surface area contributed by atoms with E-state index in [2.05, 4.69) is 51.1 Å². The normalized spacial score (nSPS) is 14.2. The molecule has 4 amide bonds. The van der Waals surface area contributed by atoms with Crippen LogP contribution in [0.2, 0.25) is 0 Å². The number of hydrogen-bond donors (Lipinski definition) is 9. The van der Waals surface area contributed by atoms with Gasteiger partial charge in [0, 0.05) is 129 Å². The molecule has 2 atom stereocenters. The van der Waals surface area contributed by atoms with Crippen molar-refractivity contribution in [2.24, 2.45) is 7.05 Å². The number of anilines is 1. The number of carbonyl (C=O) groups excluding carboxylic acids is 8. The minimum Gasteiger partial charge on any atom is -0.494 e. The highest BCUT2D eigenvalue weighted by Gasteiger charge is 2.30. The Kier molecular flexibility index (Phi) is 36.9. The van der Waals surface area contributed by atoms with Crippen molar-refractivity contribution in [2.45, 2.75) is 76.4 Å². The number of benzene rings is 2. The number of carboxylic acid groups (broad SMARTS) is 2. The third-order valence-electron chi connectivity index (χ3n) is 14.3. The van der Waals surface area contributed by atoms with Gasteiger partial charge in [0.2, 0.25) is 33.2 Å². The van der Waals surface area contributed by atoms with Gasteiger partial charge in [0.05, 0.1) is 56.5 Å². The Labute approximate surface area is 539 Å². The standard InChI is InChI=1S/C58H89N13O15S.2CO2/c1-7-47(65-51(73)39-70-22-20-67(4)18-19-68(5)21-23-71(25-24-70)40-52(74)75)56(78)60-15-10-27-84-30-32-85-31-29-83-26-9-14-59-50(72)11-8-28-86-44-33-41(2)54(42(3)34-44)87(81,82)66-48(57(79)80)37-63-55(77)46-38-69(6)49-35-43(12-13-45(49)53(46)76)36-64-58-61-16-17-62-58;2*2-1-3/h12-13,16-17,33-35,38,47-48,66H,7-11,14-15,18-32,36-37,39-40H2,1-6H3,(H,59,72)(H,60,78)(H,63,77)(H,65,73)(H,74,75)(H,79,80)(H2,61,62,64);;. The number of hydrogen-bond acceptors (Lipinski definition) is 23. The summed E-state index contributed by atoms with van der Waals surface area (Å²) >= 11 is 0. The maximum Gasteiger partial charge on any atom is 0.373 e. The lowest BCUT2D eigenvalue weighted by molar-refractivity contribution is -0.193. The maximum atomic E-state index is 13.6. The second-order valence-corrected chi connectivity index (χ2v) is 23.3. The highest BCUT2D eigenvalue weighted by molar-refractivity contribution is 7.89. The molecule has 0 aliphatic carbocycles. The molecule has 4 aromatic rings. The monoisotopic (exact) mass is 1330 g/mol. The summed E-state index contributed by atoms with van der Waals surface area (Å²) in [6.45, 7) is 13.4. The molecule has 1 saturated heterocycles. The fraction of sp³-hybridized carbons (Fsp3) is 0.567. The van der Waals surface area contributed by atoms with E-state index in [0.717, 1.165) is 31.7 Å². The molecular weight excluding hydrogens is 1240 g/mol. The van der Waals surface area contributed by atoms with Crippen LogP contribution in [0, 0.1) is 13.8 Å². The number of nitrogens with one attached hydrogen (secondary N) is 7. The van der Waals surface area contributed by atoms with Gasteiger partial charge < -0.3 is 75.1 Å². The van der Waals surface area contributed by atoms with Gasteiger partial charge in [0.1, 0.15) is 23.4 Å². The number of carboxylic acids is 2. The predicted molar refractivity (Wildman–Crippen MR) is 335 cm³/mol. The number of rotatable bonds is 36. The molecule has 1 aliphatic rings. The number of aryl methyl sites for hydroxylation is 3. The summed E-state index contributed by atoms with van der Waals surface area (Å²) in [7, 11) is 1.28. The molecule has 1 aliphatic heterocycles. The summed E-state index contributed by atoms with van der Waals surface area (Å²) in [6.07, 6.45) is 7.27. The number of sulfonamides is 1. The predicted octanol–water partition coefficient (Wildman–Crippen LogP) is -0.833. The molecule has 0 radical (unpaired) electrons. The van der Waals surface area contributed by atoms with Crippen molar-refractivity contribution in [2.75, 3.05) is 151 Å². The van der Waals surface area contributed by atoms with Gasteiger partial charge in [0.15, 0.2) is 5.95 Å². The summed E-state index contributed by atoms with van der Waals surface area (Å²) in [5.41, 5.74) is 1.12. The zero-order chi connectivity index (χ0) is 68.7. The summed E-state index contributed by atoms with van der Waals surface area (Å²) < 4.78 is 53.7. The molecule has 2 aromatic heterocycles. The average Bonchev–Trinajstić information content (AvgIpc) is 1.30. The zero-order valence-corrected chi connectivity index (χ0v) is 54.4. The first-order valence-corrected chi connectivity index (χ1v) is 31.7. The lowest BCUT2D eigenvalue weighted by Gasteiger charge is -2.31. The minimum atomic E-state index is -4.45. The number of carbonyl (C=O) groups is 6. The van der Waals surface area contributed by atoms with E-state index in [1.807, 2.05) is 30.8 Å². The van der Waals surface area contributed by atoms with Crippen molar-refractivity contribution in [3.63, 3.8) is 0 Å². The fourth-order valence-corrected chi connectivity index (χ4v) is 11.1. The Morgan fingerprint density at radius 1 is 0.710 bits per heavy atom. The molecular formula is C60H89N13O19S. The van der Waals surface area contributed by atoms with Crippen LogP contribution < -0.4 is 41.5 Å². The Morgan fingerprint density at radius 3 is 1.83 bits per heavy atom. The average molecular weight is 1330 g/mol. The van der Waals surface area contributed by atoms with Gasteiger partial charge in [-0.05, 0) is 94.6 Å². The third-order valence-corrected chi connectivity index (χ3v) is 16.1.